The third-order valence-corrected chi connectivity index (χ3v) is 3.18. The van der Waals surface area contributed by atoms with Crippen LogP contribution in [-0.2, 0) is 9.53 Å². The van der Waals surface area contributed by atoms with Gasteiger partial charge in [-0.15, -0.1) is 0 Å². The van der Waals surface area contributed by atoms with Gasteiger partial charge in [0.15, 0.2) is 0 Å². The molecule has 0 aromatic carbocycles. The van der Waals surface area contributed by atoms with Crippen LogP contribution in [0.1, 0.15) is 5.56 Å². The second kappa shape index (κ2) is 5.83. The van der Waals surface area contributed by atoms with Gasteiger partial charge in [0.05, 0.1) is 18.2 Å². The quantitative estimate of drug-likeness (QED) is 0.578. The van der Waals surface area contributed by atoms with Crippen molar-refractivity contribution in [2.75, 3.05) is 38.4 Å². The molecule has 0 bridgehead atoms. The molecule has 2 heterocycles. The van der Waals surface area contributed by atoms with Crippen molar-refractivity contribution in [2.45, 2.75) is 6.92 Å². The molecular weight excluding hydrogens is 264 g/mol. The zero-order valence-electron chi connectivity index (χ0n) is 11.4. The largest absolute Gasteiger partial charge is 0.383 e. The van der Waals surface area contributed by atoms with E-state index in [0.29, 0.717) is 31.2 Å². The van der Waals surface area contributed by atoms with Gasteiger partial charge in [0.1, 0.15) is 18.6 Å². The Morgan fingerprint density at radius 1 is 1.55 bits per heavy atom. The van der Waals surface area contributed by atoms with Crippen molar-refractivity contribution in [3.05, 3.63) is 27.9 Å². The number of aromatic nitrogens is 1. The Balaban J connectivity index is 2.11. The highest BCUT2D eigenvalue weighted by molar-refractivity contribution is 5.84. The number of rotatable bonds is 5. The summed E-state index contributed by atoms with van der Waals surface area (Å²) in [6.45, 7) is 3.31. The van der Waals surface area contributed by atoms with E-state index in [-0.39, 0.29) is 18.1 Å². The molecule has 8 nitrogen and oxygen atoms in total. The number of carbonyl (C=O) groups excluding carboxylic acids is 1. The number of anilines is 1. The second-order valence-corrected chi connectivity index (χ2v) is 4.58. The SMILES string of the molecule is COCCN1CN(c2cc(C)c([N+](=O)[O-])cn2)CC1=O. The first-order valence-electron chi connectivity index (χ1n) is 6.15. The topological polar surface area (TPSA) is 88.8 Å². The number of hydrogen-bond donors (Lipinski definition) is 0. The summed E-state index contributed by atoms with van der Waals surface area (Å²) in [7, 11) is 1.58. The van der Waals surface area contributed by atoms with E-state index in [2.05, 4.69) is 4.98 Å². The lowest BCUT2D eigenvalue weighted by molar-refractivity contribution is -0.385. The summed E-state index contributed by atoms with van der Waals surface area (Å²) in [5.41, 5.74) is 0.512. The van der Waals surface area contributed by atoms with E-state index in [4.69, 9.17) is 4.74 Å². The van der Waals surface area contributed by atoms with Crippen LogP contribution in [0.15, 0.2) is 12.3 Å². The van der Waals surface area contributed by atoms with E-state index in [1.165, 1.54) is 6.20 Å². The first kappa shape index (κ1) is 14.2. The van der Waals surface area contributed by atoms with Crippen LogP contribution in [0.4, 0.5) is 11.5 Å². The van der Waals surface area contributed by atoms with Crippen LogP contribution >= 0.6 is 0 Å². The molecule has 8 heteroatoms. The highest BCUT2D eigenvalue weighted by Crippen LogP contribution is 2.23. The molecular formula is C12H16N4O4. The molecule has 1 amide bonds. The molecule has 1 aliphatic heterocycles. The summed E-state index contributed by atoms with van der Waals surface area (Å²) >= 11 is 0. The molecule has 1 aliphatic rings. The molecule has 1 aromatic heterocycles. The van der Waals surface area contributed by atoms with Gasteiger partial charge < -0.3 is 14.5 Å². The Morgan fingerprint density at radius 3 is 2.90 bits per heavy atom. The van der Waals surface area contributed by atoms with Gasteiger partial charge in [-0.05, 0) is 13.0 Å². The Bertz CT molecular complexity index is 534. The van der Waals surface area contributed by atoms with Gasteiger partial charge in [-0.3, -0.25) is 14.9 Å². The number of carbonyl (C=O) groups is 1. The standard InChI is InChI=1S/C12H16N4O4/c1-9-5-11(13-6-10(9)16(18)19)15-7-12(17)14(8-15)3-4-20-2/h5-6H,3-4,7-8H2,1-2H3. The maximum absolute atomic E-state index is 11.8. The molecule has 20 heavy (non-hydrogen) atoms. The Labute approximate surface area is 116 Å². The molecule has 0 atom stereocenters. The van der Waals surface area contributed by atoms with E-state index >= 15 is 0 Å². The number of hydrogen-bond acceptors (Lipinski definition) is 6. The Hall–Kier alpha value is -2.22. The summed E-state index contributed by atoms with van der Waals surface area (Å²) in [4.78, 5) is 29.6. The number of ether oxygens (including phenoxy) is 1. The molecule has 1 saturated heterocycles. The first-order valence-corrected chi connectivity index (χ1v) is 6.15. The van der Waals surface area contributed by atoms with Crippen molar-refractivity contribution >= 4 is 17.4 Å². The minimum absolute atomic E-state index is 0.000133. The van der Waals surface area contributed by atoms with Crippen molar-refractivity contribution in [3.8, 4) is 0 Å². The van der Waals surface area contributed by atoms with Gasteiger partial charge in [0.2, 0.25) is 5.91 Å². The zero-order valence-corrected chi connectivity index (χ0v) is 11.4. The molecule has 108 valence electrons. The molecule has 2 rings (SSSR count). The average molecular weight is 280 g/mol. The summed E-state index contributed by atoms with van der Waals surface area (Å²) < 4.78 is 4.95. The maximum atomic E-state index is 11.8. The van der Waals surface area contributed by atoms with Crippen molar-refractivity contribution in [3.63, 3.8) is 0 Å². The lowest BCUT2D eigenvalue weighted by atomic mass is 10.2. The predicted octanol–water partition coefficient (Wildman–Crippen LogP) is 0.551. The lowest BCUT2D eigenvalue weighted by Gasteiger charge is -2.18. The van der Waals surface area contributed by atoms with Crippen LogP contribution in [0, 0.1) is 17.0 Å². The third kappa shape index (κ3) is 2.85. The van der Waals surface area contributed by atoms with E-state index in [1.54, 1.807) is 29.9 Å². The summed E-state index contributed by atoms with van der Waals surface area (Å²) in [5, 5.41) is 10.8. The van der Waals surface area contributed by atoms with Gasteiger partial charge in [0.25, 0.3) is 5.69 Å². The Morgan fingerprint density at radius 2 is 2.30 bits per heavy atom. The van der Waals surface area contributed by atoms with Gasteiger partial charge in [-0.25, -0.2) is 4.98 Å². The summed E-state index contributed by atoms with van der Waals surface area (Å²) in [6, 6.07) is 1.63. The summed E-state index contributed by atoms with van der Waals surface area (Å²) in [5.74, 6) is 0.571. The van der Waals surface area contributed by atoms with Crippen LogP contribution in [-0.4, -0.2) is 54.2 Å². The van der Waals surface area contributed by atoms with Crippen LogP contribution in [0.2, 0.25) is 0 Å². The fourth-order valence-corrected chi connectivity index (χ4v) is 2.05. The van der Waals surface area contributed by atoms with Crippen molar-refractivity contribution in [1.29, 1.82) is 0 Å². The number of nitrogens with zero attached hydrogens (tertiary/aromatic N) is 4. The molecule has 0 aliphatic carbocycles. The van der Waals surface area contributed by atoms with Crippen LogP contribution < -0.4 is 4.90 Å². The van der Waals surface area contributed by atoms with Gasteiger partial charge in [-0.2, -0.15) is 0 Å². The van der Waals surface area contributed by atoms with E-state index in [1.807, 2.05) is 0 Å². The predicted molar refractivity (Wildman–Crippen MR) is 71.4 cm³/mol. The normalized spacial score (nSPS) is 15.0. The van der Waals surface area contributed by atoms with Gasteiger partial charge in [0, 0.05) is 19.2 Å². The lowest BCUT2D eigenvalue weighted by Crippen LogP contribution is -2.30. The smallest absolute Gasteiger partial charge is 0.290 e. The third-order valence-electron chi connectivity index (χ3n) is 3.18. The number of nitro groups is 1. The van der Waals surface area contributed by atoms with Crippen molar-refractivity contribution in [2.24, 2.45) is 0 Å². The highest BCUT2D eigenvalue weighted by atomic mass is 16.6. The number of aryl methyl sites for hydroxylation is 1. The number of pyridine rings is 1. The van der Waals surface area contributed by atoms with Crippen LogP contribution in [0.25, 0.3) is 0 Å². The first-order chi connectivity index (χ1) is 9.52. The molecule has 0 spiro atoms. The zero-order chi connectivity index (χ0) is 14.7. The van der Waals surface area contributed by atoms with Gasteiger partial charge in [-0.1, -0.05) is 0 Å². The van der Waals surface area contributed by atoms with Gasteiger partial charge >= 0.3 is 0 Å². The van der Waals surface area contributed by atoms with E-state index < -0.39 is 4.92 Å². The molecule has 0 unspecified atom stereocenters. The van der Waals surface area contributed by atoms with Crippen molar-refractivity contribution in [1.82, 2.24) is 9.88 Å². The van der Waals surface area contributed by atoms with E-state index in [9.17, 15) is 14.9 Å². The monoisotopic (exact) mass is 280 g/mol. The minimum Gasteiger partial charge on any atom is -0.383 e. The molecule has 0 N–H and O–H groups in total. The average Bonchev–Trinajstić information content (AvgIpc) is 2.77. The summed E-state index contributed by atoms with van der Waals surface area (Å²) in [6.07, 6.45) is 1.23. The number of amides is 1. The fourth-order valence-electron chi connectivity index (χ4n) is 2.05. The minimum atomic E-state index is -0.466. The molecule has 0 saturated carbocycles. The van der Waals surface area contributed by atoms with Crippen molar-refractivity contribution < 1.29 is 14.5 Å². The van der Waals surface area contributed by atoms with E-state index in [0.717, 1.165) is 0 Å². The number of methoxy groups -OCH3 is 1. The fraction of sp³-hybridized carbons (Fsp3) is 0.500. The molecule has 1 fully saturated rings. The Kier molecular flexibility index (Phi) is 4.14. The van der Waals surface area contributed by atoms with Crippen LogP contribution in [0.3, 0.4) is 0 Å². The maximum Gasteiger partial charge on any atom is 0.290 e. The molecule has 1 aromatic rings. The highest BCUT2D eigenvalue weighted by Gasteiger charge is 2.28. The second-order valence-electron chi connectivity index (χ2n) is 4.58. The van der Waals surface area contributed by atoms with Crippen LogP contribution in [0.5, 0.6) is 0 Å². The molecule has 0 radical (unpaired) electrons.